The molecule has 0 radical (unpaired) electrons. The number of aryl methyl sites for hydroxylation is 1. The van der Waals surface area contributed by atoms with Gasteiger partial charge in [0.1, 0.15) is 5.78 Å². The number of hydrogen-bond donors (Lipinski definition) is 1. The van der Waals surface area contributed by atoms with Crippen molar-refractivity contribution < 1.29 is 4.79 Å². The van der Waals surface area contributed by atoms with Crippen molar-refractivity contribution in [2.24, 2.45) is 18.7 Å². The molecule has 2 N–H and O–H groups in total. The van der Waals surface area contributed by atoms with Gasteiger partial charge in [-0.25, -0.2) is 0 Å². The quantitative estimate of drug-likeness (QED) is 0.698. The first kappa shape index (κ1) is 11.8. The molecule has 84 valence electrons. The van der Waals surface area contributed by atoms with Crippen LogP contribution in [0.5, 0.6) is 0 Å². The lowest BCUT2D eigenvalue weighted by atomic mass is 9.98. The normalized spacial score (nSPS) is 12.7. The molecule has 1 heterocycles. The number of carbonyl (C=O) groups is 1. The van der Waals surface area contributed by atoms with Crippen LogP contribution in [-0.4, -0.2) is 32.5 Å². The molecule has 0 amide bonds. The topological polar surface area (TPSA) is 86.7 Å². The van der Waals surface area contributed by atoms with Gasteiger partial charge in [-0.2, -0.15) is 4.80 Å². The third kappa shape index (κ3) is 3.75. The standard InChI is InChI=1S/C9H17N5O/c1-7(4-3-5-10)8(15)6-9-11-13-14(2)12-9/h7H,3-6,10H2,1-2H3. The molecule has 0 aromatic carbocycles. The van der Waals surface area contributed by atoms with Crippen molar-refractivity contribution in [1.29, 1.82) is 0 Å². The van der Waals surface area contributed by atoms with Gasteiger partial charge in [0.05, 0.1) is 13.5 Å². The second-order valence-corrected chi connectivity index (χ2v) is 3.67. The van der Waals surface area contributed by atoms with Gasteiger partial charge in [-0.15, -0.1) is 10.2 Å². The molecular weight excluding hydrogens is 194 g/mol. The molecule has 0 spiro atoms. The molecule has 1 aromatic heterocycles. The van der Waals surface area contributed by atoms with E-state index in [0.29, 0.717) is 12.4 Å². The Morgan fingerprint density at radius 3 is 2.87 bits per heavy atom. The predicted molar refractivity (Wildman–Crippen MR) is 55.0 cm³/mol. The van der Waals surface area contributed by atoms with Crippen molar-refractivity contribution in [3.05, 3.63) is 5.82 Å². The molecule has 1 rings (SSSR count). The monoisotopic (exact) mass is 211 g/mol. The second kappa shape index (κ2) is 5.55. The van der Waals surface area contributed by atoms with Crippen molar-refractivity contribution in [3.63, 3.8) is 0 Å². The molecule has 1 aromatic rings. The van der Waals surface area contributed by atoms with E-state index >= 15 is 0 Å². The zero-order chi connectivity index (χ0) is 11.3. The molecular formula is C9H17N5O. The Hall–Kier alpha value is -1.30. The summed E-state index contributed by atoms with van der Waals surface area (Å²) in [5.74, 6) is 0.663. The summed E-state index contributed by atoms with van der Waals surface area (Å²) in [7, 11) is 1.68. The summed E-state index contributed by atoms with van der Waals surface area (Å²) in [4.78, 5) is 13.0. The van der Waals surface area contributed by atoms with Crippen molar-refractivity contribution in [2.45, 2.75) is 26.2 Å². The van der Waals surface area contributed by atoms with Crippen LogP contribution in [0.15, 0.2) is 0 Å². The average Bonchev–Trinajstić information content (AvgIpc) is 2.60. The fourth-order valence-corrected chi connectivity index (χ4v) is 1.31. The summed E-state index contributed by atoms with van der Waals surface area (Å²) in [5, 5.41) is 11.4. The fourth-order valence-electron chi connectivity index (χ4n) is 1.31. The minimum absolute atomic E-state index is 0.0253. The summed E-state index contributed by atoms with van der Waals surface area (Å²) >= 11 is 0. The van der Waals surface area contributed by atoms with Gasteiger partial charge in [-0.3, -0.25) is 4.79 Å². The predicted octanol–water partition coefficient (Wildman–Crippen LogP) is -0.303. The van der Waals surface area contributed by atoms with Gasteiger partial charge in [0.25, 0.3) is 0 Å². The number of nitrogens with zero attached hydrogens (tertiary/aromatic N) is 4. The fraction of sp³-hybridized carbons (Fsp3) is 0.778. The first-order valence-electron chi connectivity index (χ1n) is 5.09. The minimum Gasteiger partial charge on any atom is -0.330 e. The van der Waals surface area contributed by atoms with E-state index in [1.807, 2.05) is 6.92 Å². The molecule has 0 saturated carbocycles. The van der Waals surface area contributed by atoms with E-state index in [9.17, 15) is 4.79 Å². The molecule has 6 nitrogen and oxygen atoms in total. The number of rotatable bonds is 6. The molecule has 1 atom stereocenters. The van der Waals surface area contributed by atoms with E-state index < -0.39 is 0 Å². The molecule has 6 heteroatoms. The van der Waals surface area contributed by atoms with Crippen LogP contribution < -0.4 is 5.73 Å². The first-order chi connectivity index (χ1) is 7.13. The van der Waals surface area contributed by atoms with Crippen molar-refractivity contribution in [3.8, 4) is 0 Å². The highest BCUT2D eigenvalue weighted by Gasteiger charge is 2.15. The molecule has 0 aliphatic rings. The Balaban J connectivity index is 2.41. The second-order valence-electron chi connectivity index (χ2n) is 3.67. The third-order valence-corrected chi connectivity index (χ3v) is 2.27. The highest BCUT2D eigenvalue weighted by atomic mass is 16.1. The van der Waals surface area contributed by atoms with Gasteiger partial charge in [-0.1, -0.05) is 6.92 Å². The van der Waals surface area contributed by atoms with Gasteiger partial charge in [0.15, 0.2) is 5.82 Å². The molecule has 0 fully saturated rings. The number of nitrogens with two attached hydrogens (primary N) is 1. The number of Topliss-reactive ketones (excluding diaryl/α,β-unsaturated/α-hetero) is 1. The summed E-state index contributed by atoms with van der Waals surface area (Å²) in [6.45, 7) is 2.54. The Bertz CT molecular complexity index is 322. The van der Waals surface area contributed by atoms with Crippen molar-refractivity contribution in [1.82, 2.24) is 20.2 Å². The smallest absolute Gasteiger partial charge is 0.182 e. The molecule has 1 unspecified atom stereocenters. The third-order valence-electron chi connectivity index (χ3n) is 2.27. The van der Waals surface area contributed by atoms with Crippen LogP contribution in [0.3, 0.4) is 0 Å². The van der Waals surface area contributed by atoms with Crippen LogP contribution in [-0.2, 0) is 18.3 Å². The lowest BCUT2D eigenvalue weighted by molar-refractivity contribution is -0.122. The van der Waals surface area contributed by atoms with Gasteiger partial charge in [-0.05, 0) is 24.6 Å². The number of carbonyl (C=O) groups excluding carboxylic acids is 1. The average molecular weight is 211 g/mol. The van der Waals surface area contributed by atoms with Gasteiger partial charge in [0, 0.05) is 5.92 Å². The van der Waals surface area contributed by atoms with Crippen molar-refractivity contribution >= 4 is 5.78 Å². The highest BCUT2D eigenvalue weighted by molar-refractivity contribution is 5.82. The van der Waals surface area contributed by atoms with Crippen LogP contribution in [0, 0.1) is 5.92 Å². The summed E-state index contributed by atoms with van der Waals surface area (Å²) in [5.41, 5.74) is 5.38. The highest BCUT2D eigenvalue weighted by Crippen LogP contribution is 2.08. The summed E-state index contributed by atoms with van der Waals surface area (Å²) < 4.78 is 0. The maximum absolute atomic E-state index is 11.7. The number of ketones is 1. The van der Waals surface area contributed by atoms with Crippen LogP contribution in [0.25, 0.3) is 0 Å². The molecule has 0 bridgehead atoms. The lowest BCUT2D eigenvalue weighted by Gasteiger charge is -2.07. The van der Waals surface area contributed by atoms with Gasteiger partial charge in [0.2, 0.25) is 0 Å². The van der Waals surface area contributed by atoms with Gasteiger partial charge >= 0.3 is 0 Å². The zero-order valence-electron chi connectivity index (χ0n) is 9.18. The Morgan fingerprint density at radius 2 is 2.33 bits per heavy atom. The lowest BCUT2D eigenvalue weighted by Crippen LogP contribution is -2.16. The van der Waals surface area contributed by atoms with Crippen LogP contribution >= 0.6 is 0 Å². The minimum atomic E-state index is 0.0253. The Labute approximate surface area is 88.8 Å². The van der Waals surface area contributed by atoms with Crippen LogP contribution in [0.2, 0.25) is 0 Å². The maximum atomic E-state index is 11.7. The molecule has 0 saturated heterocycles. The van der Waals surface area contributed by atoms with Gasteiger partial charge < -0.3 is 5.73 Å². The molecule has 0 aliphatic carbocycles. The van der Waals surface area contributed by atoms with Crippen molar-refractivity contribution in [2.75, 3.05) is 6.54 Å². The zero-order valence-corrected chi connectivity index (χ0v) is 9.18. The maximum Gasteiger partial charge on any atom is 0.182 e. The van der Waals surface area contributed by atoms with E-state index in [-0.39, 0.29) is 18.1 Å². The number of tetrazole rings is 1. The first-order valence-corrected chi connectivity index (χ1v) is 5.09. The van der Waals surface area contributed by atoms with E-state index in [1.165, 1.54) is 4.80 Å². The summed E-state index contributed by atoms with van der Waals surface area (Å²) in [6, 6.07) is 0. The SMILES string of the molecule is CC(CCCN)C(=O)Cc1nnn(C)n1. The Morgan fingerprint density at radius 1 is 1.60 bits per heavy atom. The van der Waals surface area contributed by atoms with E-state index in [1.54, 1.807) is 7.05 Å². The molecule has 15 heavy (non-hydrogen) atoms. The van der Waals surface area contributed by atoms with E-state index in [0.717, 1.165) is 12.8 Å². The number of aromatic nitrogens is 4. The number of hydrogen-bond acceptors (Lipinski definition) is 5. The van der Waals surface area contributed by atoms with E-state index in [2.05, 4.69) is 15.4 Å². The van der Waals surface area contributed by atoms with E-state index in [4.69, 9.17) is 5.73 Å². The molecule has 0 aliphatic heterocycles. The summed E-state index contributed by atoms with van der Waals surface area (Å²) in [6.07, 6.45) is 1.97. The largest absolute Gasteiger partial charge is 0.330 e. The Kier molecular flexibility index (Phi) is 4.36. The van der Waals surface area contributed by atoms with Crippen LogP contribution in [0.1, 0.15) is 25.6 Å². The van der Waals surface area contributed by atoms with Crippen LogP contribution in [0.4, 0.5) is 0 Å².